The van der Waals surface area contributed by atoms with Crippen LogP contribution < -0.4 is 0 Å². The Morgan fingerprint density at radius 3 is 2.00 bits per heavy atom. The number of carbonyl (C=O) groups excluding carboxylic acids is 1. The molecule has 0 aromatic heterocycles. The molecular formula is C19H32O2. The zero-order valence-corrected chi connectivity index (χ0v) is 13.7. The Hall–Kier alpha value is -0.790. The molecule has 2 saturated carbocycles. The van der Waals surface area contributed by atoms with Crippen molar-refractivity contribution in [3.05, 3.63) is 12.7 Å². The Morgan fingerprint density at radius 2 is 1.52 bits per heavy atom. The van der Waals surface area contributed by atoms with Gasteiger partial charge in [0.2, 0.25) is 0 Å². The second-order valence-corrected chi connectivity index (χ2v) is 7.18. The summed E-state index contributed by atoms with van der Waals surface area (Å²) in [6, 6.07) is 0. The van der Waals surface area contributed by atoms with Crippen molar-refractivity contribution in [3.63, 3.8) is 0 Å². The molecule has 0 bridgehead atoms. The van der Waals surface area contributed by atoms with Crippen LogP contribution in [0.3, 0.4) is 0 Å². The molecule has 2 heteroatoms. The van der Waals surface area contributed by atoms with Crippen molar-refractivity contribution in [2.24, 2.45) is 23.7 Å². The van der Waals surface area contributed by atoms with E-state index in [0.717, 1.165) is 17.8 Å². The molecule has 2 rings (SSSR count). The molecule has 0 aromatic carbocycles. The van der Waals surface area contributed by atoms with Gasteiger partial charge in [-0.15, -0.1) is 0 Å². The van der Waals surface area contributed by atoms with Crippen LogP contribution in [-0.2, 0) is 9.53 Å². The van der Waals surface area contributed by atoms with Crippen molar-refractivity contribution in [1.29, 1.82) is 0 Å². The fourth-order valence-corrected chi connectivity index (χ4v) is 4.44. The Labute approximate surface area is 130 Å². The van der Waals surface area contributed by atoms with Crippen molar-refractivity contribution in [3.8, 4) is 0 Å². The zero-order valence-electron chi connectivity index (χ0n) is 13.7. The predicted molar refractivity (Wildman–Crippen MR) is 87.0 cm³/mol. The van der Waals surface area contributed by atoms with Crippen molar-refractivity contribution in [1.82, 2.24) is 0 Å². The molecule has 0 aliphatic heterocycles. The molecule has 0 saturated heterocycles. The minimum absolute atomic E-state index is 0.272. The zero-order chi connectivity index (χ0) is 15.1. The molecule has 21 heavy (non-hydrogen) atoms. The van der Waals surface area contributed by atoms with Gasteiger partial charge >= 0.3 is 5.97 Å². The highest BCUT2D eigenvalue weighted by Crippen LogP contribution is 2.42. The third-order valence-corrected chi connectivity index (χ3v) is 5.77. The standard InChI is InChI=1S/C19H32O2/c1-3-5-15-6-10-17(11-7-15)18-12-8-16(9-13-18)14-21-19(20)4-2/h4,15-18H,2-3,5-14H2,1H3. The van der Waals surface area contributed by atoms with Gasteiger partial charge in [0.05, 0.1) is 6.61 Å². The fraction of sp³-hybridized carbons (Fsp3) is 0.842. The lowest BCUT2D eigenvalue weighted by Gasteiger charge is -2.37. The summed E-state index contributed by atoms with van der Waals surface area (Å²) in [6.07, 6.45) is 15.1. The predicted octanol–water partition coefficient (Wildman–Crippen LogP) is 5.13. The summed E-state index contributed by atoms with van der Waals surface area (Å²) in [4.78, 5) is 11.1. The molecular weight excluding hydrogens is 260 g/mol. The van der Waals surface area contributed by atoms with Crippen molar-refractivity contribution in [2.45, 2.75) is 71.1 Å². The maximum atomic E-state index is 11.1. The van der Waals surface area contributed by atoms with E-state index in [9.17, 15) is 4.79 Å². The molecule has 2 aliphatic rings. The van der Waals surface area contributed by atoms with Crippen molar-refractivity contribution < 1.29 is 9.53 Å². The summed E-state index contributed by atoms with van der Waals surface area (Å²) in [5, 5.41) is 0. The minimum atomic E-state index is -0.272. The molecule has 0 amide bonds. The first kappa shape index (κ1) is 16.6. The van der Waals surface area contributed by atoms with Gasteiger partial charge in [-0.25, -0.2) is 4.79 Å². The van der Waals surface area contributed by atoms with Crippen LogP contribution in [0.15, 0.2) is 12.7 Å². The molecule has 2 fully saturated rings. The average Bonchev–Trinajstić information content (AvgIpc) is 2.54. The highest BCUT2D eigenvalue weighted by atomic mass is 16.5. The summed E-state index contributed by atoms with van der Waals surface area (Å²) in [5.41, 5.74) is 0. The summed E-state index contributed by atoms with van der Waals surface area (Å²) in [6.45, 7) is 6.35. The van der Waals surface area contributed by atoms with E-state index in [1.54, 1.807) is 0 Å². The van der Waals surface area contributed by atoms with E-state index in [1.807, 2.05) is 0 Å². The lowest BCUT2D eigenvalue weighted by atomic mass is 9.69. The van der Waals surface area contributed by atoms with Crippen molar-refractivity contribution in [2.75, 3.05) is 6.61 Å². The monoisotopic (exact) mass is 292 g/mol. The third-order valence-electron chi connectivity index (χ3n) is 5.77. The molecule has 2 nitrogen and oxygen atoms in total. The molecule has 2 aliphatic carbocycles. The van der Waals surface area contributed by atoms with E-state index < -0.39 is 0 Å². The van der Waals surface area contributed by atoms with Crippen LogP contribution in [0.25, 0.3) is 0 Å². The second-order valence-electron chi connectivity index (χ2n) is 7.18. The summed E-state index contributed by atoms with van der Waals surface area (Å²) < 4.78 is 5.20. The number of rotatable bonds is 6. The Morgan fingerprint density at radius 1 is 1.00 bits per heavy atom. The van der Waals surface area contributed by atoms with E-state index in [0.29, 0.717) is 12.5 Å². The molecule has 0 atom stereocenters. The highest BCUT2D eigenvalue weighted by molar-refractivity contribution is 5.81. The van der Waals surface area contributed by atoms with E-state index in [-0.39, 0.29) is 5.97 Å². The van der Waals surface area contributed by atoms with Crippen LogP contribution in [0, 0.1) is 23.7 Å². The van der Waals surface area contributed by atoms with E-state index in [1.165, 1.54) is 70.3 Å². The first-order valence-electron chi connectivity index (χ1n) is 9.02. The largest absolute Gasteiger partial charge is 0.462 e. The third kappa shape index (κ3) is 5.16. The number of carbonyl (C=O) groups is 1. The van der Waals surface area contributed by atoms with Gasteiger partial charge in [0.25, 0.3) is 0 Å². The number of hydrogen-bond acceptors (Lipinski definition) is 2. The molecule has 0 heterocycles. The van der Waals surface area contributed by atoms with Crippen LogP contribution in [-0.4, -0.2) is 12.6 Å². The van der Waals surface area contributed by atoms with Crippen LogP contribution in [0.1, 0.15) is 71.1 Å². The number of esters is 1. The Kier molecular flexibility index (Phi) is 6.79. The maximum Gasteiger partial charge on any atom is 0.330 e. The highest BCUT2D eigenvalue weighted by Gasteiger charge is 2.30. The number of ether oxygens (including phenoxy) is 1. The van der Waals surface area contributed by atoms with Crippen LogP contribution >= 0.6 is 0 Å². The van der Waals surface area contributed by atoms with Crippen LogP contribution in [0.5, 0.6) is 0 Å². The Bertz CT molecular complexity index is 320. The van der Waals surface area contributed by atoms with Crippen LogP contribution in [0.4, 0.5) is 0 Å². The quantitative estimate of drug-likeness (QED) is 0.501. The topological polar surface area (TPSA) is 26.3 Å². The average molecular weight is 292 g/mol. The van der Waals surface area contributed by atoms with Gasteiger partial charge in [0, 0.05) is 6.08 Å². The smallest absolute Gasteiger partial charge is 0.330 e. The van der Waals surface area contributed by atoms with Gasteiger partial charge in [-0.05, 0) is 62.2 Å². The number of hydrogen-bond donors (Lipinski definition) is 0. The molecule has 0 N–H and O–H groups in total. The maximum absolute atomic E-state index is 11.1. The van der Waals surface area contributed by atoms with Crippen LogP contribution in [0.2, 0.25) is 0 Å². The lowest BCUT2D eigenvalue weighted by molar-refractivity contribution is -0.139. The van der Waals surface area contributed by atoms with E-state index in [4.69, 9.17) is 4.74 Å². The molecule has 0 radical (unpaired) electrons. The second kappa shape index (κ2) is 8.60. The summed E-state index contributed by atoms with van der Waals surface area (Å²) in [5.74, 6) is 3.25. The van der Waals surface area contributed by atoms with Gasteiger partial charge in [-0.2, -0.15) is 0 Å². The first-order chi connectivity index (χ1) is 10.2. The molecule has 120 valence electrons. The summed E-state index contributed by atoms with van der Waals surface area (Å²) in [7, 11) is 0. The normalized spacial score (nSPS) is 33.4. The molecule has 0 aromatic rings. The minimum Gasteiger partial charge on any atom is -0.462 e. The van der Waals surface area contributed by atoms with Gasteiger partial charge in [0.15, 0.2) is 0 Å². The van der Waals surface area contributed by atoms with Gasteiger partial charge in [-0.3, -0.25) is 0 Å². The van der Waals surface area contributed by atoms with Gasteiger partial charge in [-0.1, -0.05) is 39.2 Å². The fourth-order valence-electron chi connectivity index (χ4n) is 4.44. The van der Waals surface area contributed by atoms with Crippen molar-refractivity contribution >= 4 is 5.97 Å². The summed E-state index contributed by atoms with van der Waals surface area (Å²) >= 11 is 0. The first-order valence-corrected chi connectivity index (χ1v) is 9.02. The lowest BCUT2D eigenvalue weighted by Crippen LogP contribution is -2.27. The van der Waals surface area contributed by atoms with Gasteiger partial charge < -0.3 is 4.74 Å². The molecule has 0 spiro atoms. The van der Waals surface area contributed by atoms with E-state index >= 15 is 0 Å². The van der Waals surface area contributed by atoms with Gasteiger partial charge in [0.1, 0.15) is 0 Å². The molecule has 0 unspecified atom stereocenters. The SMILES string of the molecule is C=CC(=O)OCC1CCC(C2CCC(CCC)CC2)CC1. The Balaban J connectivity index is 1.65. The van der Waals surface area contributed by atoms with E-state index in [2.05, 4.69) is 13.5 Å².